The average molecular weight is 459 g/mol. The Morgan fingerprint density at radius 1 is 0.969 bits per heavy atom. The molecule has 3 aromatic rings. The number of benzene rings is 1. The number of aromatic nitrogens is 2. The van der Waals surface area contributed by atoms with Gasteiger partial charge in [-0.1, -0.05) is 0 Å². The first-order chi connectivity index (χ1) is 15.5. The Morgan fingerprint density at radius 3 is 2.38 bits per heavy atom. The summed E-state index contributed by atoms with van der Waals surface area (Å²) in [7, 11) is -3.74. The summed E-state index contributed by atoms with van der Waals surface area (Å²) in [4.78, 5) is 2.15. The second-order valence-corrected chi connectivity index (χ2v) is 9.03. The number of anilines is 1. The molecule has 1 aliphatic rings. The molecule has 1 aromatic carbocycles. The van der Waals surface area contributed by atoms with Crippen LogP contribution in [0.2, 0.25) is 0 Å². The third-order valence-corrected chi connectivity index (χ3v) is 7.05. The molecule has 170 valence electrons. The van der Waals surface area contributed by atoms with Crippen LogP contribution in [0.1, 0.15) is 13.8 Å². The molecule has 10 heteroatoms. The smallest absolute Gasteiger partial charge is 0.247 e. The molecular weight excluding hydrogens is 432 g/mol. The van der Waals surface area contributed by atoms with E-state index in [4.69, 9.17) is 13.9 Å². The lowest BCUT2D eigenvalue weighted by Crippen LogP contribution is -2.49. The van der Waals surface area contributed by atoms with Gasteiger partial charge in [-0.3, -0.25) is 0 Å². The van der Waals surface area contributed by atoms with Crippen LogP contribution in [0.15, 0.2) is 58.0 Å². The third kappa shape index (κ3) is 4.56. The van der Waals surface area contributed by atoms with Crippen molar-refractivity contribution in [2.45, 2.75) is 18.7 Å². The van der Waals surface area contributed by atoms with E-state index >= 15 is 0 Å². The maximum absolute atomic E-state index is 13.4. The number of ether oxygens (including phenoxy) is 2. The molecule has 0 unspecified atom stereocenters. The molecule has 3 heterocycles. The van der Waals surface area contributed by atoms with E-state index in [1.54, 1.807) is 24.5 Å². The fraction of sp³-hybridized carbons (Fsp3) is 0.364. The quantitative estimate of drug-likeness (QED) is 0.508. The largest absolute Gasteiger partial charge is 0.494 e. The standard InChI is InChI=1S/C22H26N4O5S/c1-3-29-17-7-9-20(30-4-2)21(16-17)32(27,28)26-13-11-25(12-14-26)22-10-8-18(23-24-22)19-6-5-15-31-19/h5-10,15-16H,3-4,11-14H2,1-2H3. The molecule has 32 heavy (non-hydrogen) atoms. The Hall–Kier alpha value is -3.11. The van der Waals surface area contributed by atoms with E-state index in [2.05, 4.69) is 10.2 Å². The predicted octanol–water partition coefficient (Wildman–Crippen LogP) is 3.04. The highest BCUT2D eigenvalue weighted by molar-refractivity contribution is 7.89. The van der Waals surface area contributed by atoms with Crippen LogP contribution in [0.5, 0.6) is 11.5 Å². The second kappa shape index (κ2) is 9.58. The minimum Gasteiger partial charge on any atom is -0.494 e. The first kappa shape index (κ1) is 22.1. The summed E-state index contributed by atoms with van der Waals surface area (Å²) in [6, 6.07) is 12.2. The Bertz CT molecular complexity index is 1130. The molecule has 0 spiro atoms. The van der Waals surface area contributed by atoms with E-state index < -0.39 is 10.0 Å². The Balaban J connectivity index is 1.48. The zero-order chi connectivity index (χ0) is 22.6. The maximum Gasteiger partial charge on any atom is 0.247 e. The van der Waals surface area contributed by atoms with Crippen LogP contribution in [0, 0.1) is 0 Å². The molecule has 1 fully saturated rings. The van der Waals surface area contributed by atoms with Gasteiger partial charge in [0.05, 0.1) is 19.5 Å². The molecule has 0 bridgehead atoms. The van der Waals surface area contributed by atoms with E-state index in [0.29, 0.717) is 68.2 Å². The number of rotatable bonds is 8. The van der Waals surface area contributed by atoms with Gasteiger partial charge in [0.25, 0.3) is 0 Å². The molecule has 1 aliphatic heterocycles. The Labute approximate surface area is 187 Å². The summed E-state index contributed by atoms with van der Waals surface area (Å²) < 4.78 is 44.7. The highest BCUT2D eigenvalue weighted by Crippen LogP contribution is 2.32. The third-order valence-electron chi connectivity index (χ3n) is 5.13. The summed E-state index contributed by atoms with van der Waals surface area (Å²) in [5.74, 6) is 2.18. The van der Waals surface area contributed by atoms with Crippen molar-refractivity contribution in [2.24, 2.45) is 0 Å². The summed E-state index contributed by atoms with van der Waals surface area (Å²) in [6.07, 6.45) is 1.59. The van der Waals surface area contributed by atoms with Crippen LogP contribution >= 0.6 is 0 Å². The van der Waals surface area contributed by atoms with Crippen LogP contribution in [-0.2, 0) is 10.0 Å². The molecule has 0 saturated carbocycles. The zero-order valence-corrected chi connectivity index (χ0v) is 18.9. The number of nitrogens with zero attached hydrogens (tertiary/aromatic N) is 4. The number of hydrogen-bond acceptors (Lipinski definition) is 8. The van der Waals surface area contributed by atoms with Gasteiger partial charge in [-0.25, -0.2) is 8.42 Å². The van der Waals surface area contributed by atoms with Crippen molar-refractivity contribution < 1.29 is 22.3 Å². The number of sulfonamides is 1. The van der Waals surface area contributed by atoms with Crippen LogP contribution in [-0.4, -0.2) is 62.3 Å². The van der Waals surface area contributed by atoms with Gasteiger partial charge < -0.3 is 18.8 Å². The van der Waals surface area contributed by atoms with Crippen molar-refractivity contribution in [1.82, 2.24) is 14.5 Å². The summed E-state index contributed by atoms with van der Waals surface area (Å²) in [6.45, 7) is 6.16. The topological polar surface area (TPSA) is 98.0 Å². The number of piperazine rings is 1. The van der Waals surface area contributed by atoms with Gasteiger partial charge in [-0.05, 0) is 50.2 Å². The highest BCUT2D eigenvalue weighted by atomic mass is 32.2. The molecule has 0 radical (unpaired) electrons. The minimum atomic E-state index is -3.74. The van der Waals surface area contributed by atoms with Crippen molar-refractivity contribution in [3.05, 3.63) is 48.7 Å². The van der Waals surface area contributed by atoms with Gasteiger partial charge in [0.2, 0.25) is 10.0 Å². The normalized spacial score (nSPS) is 15.0. The van der Waals surface area contributed by atoms with Crippen LogP contribution in [0.3, 0.4) is 0 Å². The van der Waals surface area contributed by atoms with Crippen molar-refractivity contribution in [3.8, 4) is 23.0 Å². The van der Waals surface area contributed by atoms with Crippen molar-refractivity contribution in [1.29, 1.82) is 0 Å². The monoisotopic (exact) mass is 458 g/mol. The van der Waals surface area contributed by atoms with Gasteiger partial charge in [0.15, 0.2) is 11.6 Å². The molecule has 4 rings (SSSR count). The zero-order valence-electron chi connectivity index (χ0n) is 18.1. The summed E-state index contributed by atoms with van der Waals surface area (Å²) in [5.41, 5.74) is 0.651. The van der Waals surface area contributed by atoms with E-state index in [1.807, 2.05) is 36.9 Å². The Kier molecular flexibility index (Phi) is 6.61. The van der Waals surface area contributed by atoms with Crippen molar-refractivity contribution in [2.75, 3.05) is 44.3 Å². The molecule has 1 saturated heterocycles. The van der Waals surface area contributed by atoms with Crippen LogP contribution < -0.4 is 14.4 Å². The SMILES string of the molecule is CCOc1ccc(OCC)c(S(=O)(=O)N2CCN(c3ccc(-c4ccco4)nn3)CC2)c1. The summed E-state index contributed by atoms with van der Waals surface area (Å²) in [5, 5.41) is 8.51. The first-order valence-corrected chi connectivity index (χ1v) is 12.0. The highest BCUT2D eigenvalue weighted by Gasteiger charge is 2.32. The molecule has 2 aromatic heterocycles. The van der Waals surface area contributed by atoms with E-state index in [-0.39, 0.29) is 4.90 Å². The predicted molar refractivity (Wildman–Crippen MR) is 119 cm³/mol. The fourth-order valence-corrected chi connectivity index (χ4v) is 5.14. The van der Waals surface area contributed by atoms with Gasteiger partial charge in [-0.2, -0.15) is 4.31 Å². The molecule has 0 aliphatic carbocycles. The number of furan rings is 1. The van der Waals surface area contributed by atoms with Gasteiger partial charge in [-0.15, -0.1) is 10.2 Å². The van der Waals surface area contributed by atoms with Gasteiger partial charge >= 0.3 is 0 Å². The fourth-order valence-electron chi connectivity index (χ4n) is 3.57. The lowest BCUT2D eigenvalue weighted by atomic mass is 10.3. The van der Waals surface area contributed by atoms with E-state index in [9.17, 15) is 8.42 Å². The lowest BCUT2D eigenvalue weighted by molar-refractivity contribution is 0.319. The van der Waals surface area contributed by atoms with Crippen LogP contribution in [0.25, 0.3) is 11.5 Å². The number of hydrogen-bond donors (Lipinski definition) is 0. The molecule has 9 nitrogen and oxygen atoms in total. The van der Waals surface area contributed by atoms with E-state index in [0.717, 1.165) is 0 Å². The van der Waals surface area contributed by atoms with Gasteiger partial charge in [0, 0.05) is 32.2 Å². The van der Waals surface area contributed by atoms with Crippen LogP contribution in [0.4, 0.5) is 5.82 Å². The first-order valence-electron chi connectivity index (χ1n) is 10.5. The van der Waals surface area contributed by atoms with Crippen molar-refractivity contribution >= 4 is 15.8 Å². The Morgan fingerprint density at radius 2 is 1.75 bits per heavy atom. The molecule has 0 atom stereocenters. The van der Waals surface area contributed by atoms with E-state index in [1.165, 1.54) is 10.4 Å². The summed E-state index contributed by atoms with van der Waals surface area (Å²) >= 11 is 0. The van der Waals surface area contributed by atoms with Gasteiger partial charge in [0.1, 0.15) is 22.1 Å². The molecule has 0 amide bonds. The molecule has 0 N–H and O–H groups in total. The van der Waals surface area contributed by atoms with Crippen molar-refractivity contribution in [3.63, 3.8) is 0 Å². The second-order valence-electron chi connectivity index (χ2n) is 7.12. The minimum absolute atomic E-state index is 0.126. The maximum atomic E-state index is 13.4. The lowest BCUT2D eigenvalue weighted by Gasteiger charge is -2.34. The molecular formula is C22H26N4O5S. The average Bonchev–Trinajstić information content (AvgIpc) is 3.36.